The van der Waals surface area contributed by atoms with E-state index in [0.29, 0.717) is 27.5 Å². The molecule has 134 valence electrons. The van der Waals surface area contributed by atoms with Gasteiger partial charge in [0.2, 0.25) is 5.13 Å². The molecule has 0 atom stereocenters. The summed E-state index contributed by atoms with van der Waals surface area (Å²) in [7, 11) is 0. The molecule has 0 saturated heterocycles. The van der Waals surface area contributed by atoms with Crippen molar-refractivity contribution < 1.29 is 9.53 Å². The molecule has 2 amide bonds. The number of benzene rings is 2. The molecule has 0 aliphatic rings. The van der Waals surface area contributed by atoms with E-state index in [9.17, 15) is 4.79 Å². The molecule has 0 unspecified atom stereocenters. The van der Waals surface area contributed by atoms with Crippen molar-refractivity contribution in [2.75, 3.05) is 17.2 Å². The first-order valence-electron chi connectivity index (χ1n) is 8.04. The van der Waals surface area contributed by atoms with E-state index in [4.69, 9.17) is 16.3 Å². The zero-order valence-electron chi connectivity index (χ0n) is 14.0. The van der Waals surface area contributed by atoms with Crippen LogP contribution in [0.4, 0.5) is 15.6 Å². The van der Waals surface area contributed by atoms with Gasteiger partial charge < -0.3 is 10.1 Å². The van der Waals surface area contributed by atoms with Crippen molar-refractivity contribution in [2.45, 2.75) is 13.3 Å². The van der Waals surface area contributed by atoms with Crippen LogP contribution in [0.25, 0.3) is 10.6 Å². The third-order valence-corrected chi connectivity index (χ3v) is 4.40. The van der Waals surface area contributed by atoms with Crippen molar-refractivity contribution in [1.82, 2.24) is 10.2 Å². The number of anilines is 2. The Labute approximate surface area is 160 Å². The van der Waals surface area contributed by atoms with E-state index in [1.165, 1.54) is 11.3 Å². The molecule has 1 heterocycles. The standard InChI is InChI=1S/C18H17ClN4O2S/c1-2-9-25-15-8-3-5-12(10-15)16-22-23-18(26-16)21-17(24)20-14-7-4-6-13(19)11-14/h3-8,10-11H,2,9H2,1H3,(H2,20,21,23,24). The van der Waals surface area contributed by atoms with Crippen molar-refractivity contribution in [3.05, 3.63) is 53.6 Å². The number of amides is 2. The van der Waals surface area contributed by atoms with E-state index in [1.54, 1.807) is 24.3 Å². The first-order valence-corrected chi connectivity index (χ1v) is 9.24. The van der Waals surface area contributed by atoms with Gasteiger partial charge in [-0.05, 0) is 36.8 Å². The molecule has 3 rings (SSSR count). The summed E-state index contributed by atoms with van der Waals surface area (Å²) in [6.07, 6.45) is 0.943. The van der Waals surface area contributed by atoms with Crippen LogP contribution in [0.2, 0.25) is 5.02 Å². The maximum absolute atomic E-state index is 12.1. The Morgan fingerprint density at radius 3 is 2.81 bits per heavy atom. The molecule has 0 bridgehead atoms. The lowest BCUT2D eigenvalue weighted by Gasteiger charge is -2.05. The number of rotatable bonds is 6. The van der Waals surface area contributed by atoms with E-state index in [1.807, 2.05) is 24.3 Å². The smallest absolute Gasteiger partial charge is 0.325 e. The molecule has 0 aliphatic heterocycles. The predicted octanol–water partition coefficient (Wildman–Crippen LogP) is 5.29. The topological polar surface area (TPSA) is 76.1 Å². The second-order valence-corrected chi connectivity index (χ2v) is 6.79. The number of carbonyl (C=O) groups is 1. The van der Waals surface area contributed by atoms with Gasteiger partial charge in [0.15, 0.2) is 0 Å². The maximum atomic E-state index is 12.1. The van der Waals surface area contributed by atoms with Gasteiger partial charge in [-0.3, -0.25) is 5.32 Å². The molecule has 2 N–H and O–H groups in total. The van der Waals surface area contributed by atoms with Crippen LogP contribution in [0.3, 0.4) is 0 Å². The molecule has 0 aliphatic carbocycles. The Hall–Kier alpha value is -2.64. The lowest BCUT2D eigenvalue weighted by Crippen LogP contribution is -2.19. The molecule has 8 heteroatoms. The summed E-state index contributed by atoms with van der Waals surface area (Å²) in [4.78, 5) is 12.1. The second kappa shape index (κ2) is 8.64. The number of nitrogens with one attached hydrogen (secondary N) is 2. The van der Waals surface area contributed by atoms with Crippen molar-refractivity contribution in [1.29, 1.82) is 0 Å². The Balaban J connectivity index is 1.65. The van der Waals surface area contributed by atoms with Crippen LogP contribution >= 0.6 is 22.9 Å². The fourth-order valence-electron chi connectivity index (χ4n) is 2.15. The van der Waals surface area contributed by atoms with Crippen LogP contribution in [-0.2, 0) is 0 Å². The van der Waals surface area contributed by atoms with Gasteiger partial charge >= 0.3 is 6.03 Å². The average Bonchev–Trinajstić information content (AvgIpc) is 3.08. The number of halogens is 1. The van der Waals surface area contributed by atoms with E-state index in [2.05, 4.69) is 27.8 Å². The molecule has 6 nitrogen and oxygen atoms in total. The van der Waals surface area contributed by atoms with Gasteiger partial charge in [0.05, 0.1) is 6.61 Å². The Morgan fingerprint density at radius 2 is 2.00 bits per heavy atom. The lowest BCUT2D eigenvalue weighted by molar-refractivity contribution is 0.262. The summed E-state index contributed by atoms with van der Waals surface area (Å²) in [6, 6.07) is 14.1. The summed E-state index contributed by atoms with van der Waals surface area (Å²) < 4.78 is 5.63. The fraction of sp³-hybridized carbons (Fsp3) is 0.167. The molecule has 3 aromatic rings. The van der Waals surface area contributed by atoms with Crippen molar-refractivity contribution in [3.63, 3.8) is 0 Å². The molecule has 0 radical (unpaired) electrons. The van der Waals surface area contributed by atoms with E-state index in [0.717, 1.165) is 17.7 Å². The van der Waals surface area contributed by atoms with Crippen LogP contribution in [0.15, 0.2) is 48.5 Å². The summed E-state index contributed by atoms with van der Waals surface area (Å²) >= 11 is 7.19. The Bertz CT molecular complexity index is 900. The van der Waals surface area contributed by atoms with Crippen LogP contribution in [0.1, 0.15) is 13.3 Å². The molecule has 26 heavy (non-hydrogen) atoms. The number of aromatic nitrogens is 2. The zero-order valence-corrected chi connectivity index (χ0v) is 15.6. The minimum absolute atomic E-state index is 0.402. The zero-order chi connectivity index (χ0) is 18.4. The molecule has 2 aromatic carbocycles. The highest BCUT2D eigenvalue weighted by Gasteiger charge is 2.10. The summed E-state index contributed by atoms with van der Waals surface area (Å²) in [5.74, 6) is 0.785. The highest BCUT2D eigenvalue weighted by molar-refractivity contribution is 7.18. The maximum Gasteiger partial charge on any atom is 0.325 e. The van der Waals surface area contributed by atoms with E-state index < -0.39 is 6.03 Å². The van der Waals surface area contributed by atoms with Gasteiger partial charge in [-0.15, -0.1) is 10.2 Å². The summed E-state index contributed by atoms with van der Waals surface area (Å²) in [6.45, 7) is 2.72. The summed E-state index contributed by atoms with van der Waals surface area (Å²) in [5, 5.41) is 15.2. The highest BCUT2D eigenvalue weighted by Crippen LogP contribution is 2.29. The first-order chi connectivity index (χ1) is 12.6. The van der Waals surface area contributed by atoms with Gasteiger partial charge in [0.1, 0.15) is 10.8 Å². The predicted molar refractivity (Wildman–Crippen MR) is 105 cm³/mol. The highest BCUT2D eigenvalue weighted by atomic mass is 35.5. The normalized spacial score (nSPS) is 10.4. The largest absolute Gasteiger partial charge is 0.494 e. The van der Waals surface area contributed by atoms with Gasteiger partial charge in [0, 0.05) is 16.3 Å². The van der Waals surface area contributed by atoms with Crippen LogP contribution < -0.4 is 15.4 Å². The Kier molecular flexibility index (Phi) is 6.04. The van der Waals surface area contributed by atoms with Crippen molar-refractivity contribution in [2.24, 2.45) is 0 Å². The molecule has 0 spiro atoms. The van der Waals surface area contributed by atoms with Gasteiger partial charge in [-0.1, -0.05) is 48.1 Å². The third kappa shape index (κ3) is 4.93. The SMILES string of the molecule is CCCOc1cccc(-c2nnc(NC(=O)Nc3cccc(Cl)c3)s2)c1. The molecule has 0 saturated carbocycles. The Morgan fingerprint density at radius 1 is 1.15 bits per heavy atom. The second-order valence-electron chi connectivity index (χ2n) is 5.38. The molecule has 1 aromatic heterocycles. The minimum Gasteiger partial charge on any atom is -0.494 e. The van der Waals surface area contributed by atoms with Crippen LogP contribution in [0, 0.1) is 0 Å². The number of hydrogen-bond donors (Lipinski definition) is 2. The molecular weight excluding hydrogens is 372 g/mol. The number of ether oxygens (including phenoxy) is 1. The third-order valence-electron chi connectivity index (χ3n) is 3.28. The number of carbonyl (C=O) groups excluding carboxylic acids is 1. The first kappa shape index (κ1) is 18.2. The number of urea groups is 1. The molecular formula is C18H17ClN4O2S. The van der Waals surface area contributed by atoms with Crippen molar-refractivity contribution >= 4 is 39.8 Å². The monoisotopic (exact) mass is 388 g/mol. The van der Waals surface area contributed by atoms with E-state index >= 15 is 0 Å². The average molecular weight is 389 g/mol. The van der Waals surface area contributed by atoms with Crippen molar-refractivity contribution in [3.8, 4) is 16.3 Å². The molecule has 0 fully saturated rings. The van der Waals surface area contributed by atoms with Gasteiger partial charge in [-0.25, -0.2) is 4.79 Å². The summed E-state index contributed by atoms with van der Waals surface area (Å²) in [5.41, 5.74) is 1.49. The van der Waals surface area contributed by atoms with Gasteiger partial charge in [0.25, 0.3) is 0 Å². The number of hydrogen-bond acceptors (Lipinski definition) is 5. The minimum atomic E-state index is -0.407. The van der Waals surface area contributed by atoms with Gasteiger partial charge in [-0.2, -0.15) is 0 Å². The van der Waals surface area contributed by atoms with Crippen LogP contribution in [0.5, 0.6) is 5.75 Å². The fourth-order valence-corrected chi connectivity index (χ4v) is 3.08. The van der Waals surface area contributed by atoms with E-state index in [-0.39, 0.29) is 0 Å². The lowest BCUT2D eigenvalue weighted by atomic mass is 10.2. The number of nitrogens with zero attached hydrogens (tertiary/aromatic N) is 2. The quantitative estimate of drug-likeness (QED) is 0.601. The van der Waals surface area contributed by atoms with Crippen LogP contribution in [-0.4, -0.2) is 22.8 Å².